The number of fused-ring (bicyclic) bond motifs is 4. The first kappa shape index (κ1) is 63.7. The van der Waals surface area contributed by atoms with E-state index in [0.717, 1.165) is 133 Å². The first-order chi connectivity index (χ1) is 44.5. The third-order valence-electron chi connectivity index (χ3n) is 14.3. The number of aryl methyl sites for hydroxylation is 5. The third-order valence-corrected chi connectivity index (χ3v) is 19.2. The number of hydrogen-bond acceptors (Lipinski definition) is 18. The second-order valence-electron chi connectivity index (χ2n) is 21.4. The molecule has 1 aliphatic rings. The van der Waals surface area contributed by atoms with Crippen LogP contribution in [0, 0.1) is 34.6 Å². The Bertz CT molecular complexity index is 4620. The Morgan fingerprint density at radius 1 is 0.440 bits per heavy atom. The van der Waals surface area contributed by atoms with Crippen molar-refractivity contribution in [1.82, 2.24) is 29.9 Å². The number of hydrogen-bond donors (Lipinski definition) is 5. The van der Waals surface area contributed by atoms with Crippen molar-refractivity contribution in [3.63, 3.8) is 0 Å². The summed E-state index contributed by atoms with van der Waals surface area (Å²) in [5.74, 6) is 0. The maximum Gasteiger partial charge on any atom is 0.187 e. The van der Waals surface area contributed by atoms with E-state index in [1.165, 1.54) is 48.8 Å². The topological polar surface area (TPSA) is 150 Å². The molecule has 7 heterocycles. The largest absolute Gasteiger partial charge is 0.378 e. The lowest BCUT2D eigenvalue weighted by molar-refractivity contribution is 0.123. The minimum Gasteiger partial charge on any atom is -0.378 e. The number of pyridine rings is 1. The van der Waals surface area contributed by atoms with Gasteiger partial charge in [0.1, 0.15) is 0 Å². The number of aromatic nitrogens is 6. The van der Waals surface area contributed by atoms with E-state index in [4.69, 9.17) is 16.3 Å². The standard InChI is InChI=1S/C19H16N2S.C14H11ClN2S.C14H17N3OS.C14H13N3S.C11H12N2S/c1-13-6-9-17-18(10-13)22-19(21-17)20-12-14-7-8-15-4-2-3-5-16(15)11-14;1-9-8-18-14(16-9)17-13-7-6-12(15)10-4-2-3-5-11(10)13;1-11-10-19-14(15-11)16-12-4-2-3-5-13(12)17-6-8-18-9-7-17;1-10-9-18-14(17-10)16-8-11-4-5-13-12(7-11)3-2-6-15-13;1-9-8-14-11(13-9)12-7-10-5-3-2-4-6-10/h2-11H,12H2,1H3,(H,20,21);2-8H,1H3,(H,16,17);2-5,10H,6-9H2,1H3,(H,15,16);2-7,9H,8H2,1H3,(H,16,17);2-6,8H,7H2,1H3,(H,12,13). The molecule has 460 valence electrons. The number of nitrogens with zero attached hydrogens (tertiary/aromatic N) is 7. The molecule has 0 amide bonds. The number of rotatable bonds is 14. The number of nitrogens with one attached hydrogen (secondary N) is 5. The van der Waals surface area contributed by atoms with Crippen LogP contribution in [0.5, 0.6) is 0 Å². The molecular weight excluding hydrogens is 1240 g/mol. The van der Waals surface area contributed by atoms with Gasteiger partial charge in [0.25, 0.3) is 0 Å². The molecule has 0 radical (unpaired) electrons. The number of halogens is 1. The summed E-state index contributed by atoms with van der Waals surface area (Å²) in [6.45, 7) is 16.0. The first-order valence-electron chi connectivity index (χ1n) is 29.8. The lowest BCUT2D eigenvalue weighted by Gasteiger charge is -2.30. The van der Waals surface area contributed by atoms with Gasteiger partial charge in [-0.25, -0.2) is 24.9 Å². The van der Waals surface area contributed by atoms with Gasteiger partial charge in [0, 0.05) is 87.3 Å². The highest BCUT2D eigenvalue weighted by Gasteiger charge is 2.15. The zero-order chi connectivity index (χ0) is 62.7. The highest BCUT2D eigenvalue weighted by Crippen LogP contribution is 2.34. The average Bonchev–Trinajstić information content (AvgIpc) is 1.90. The molecule has 91 heavy (non-hydrogen) atoms. The van der Waals surface area contributed by atoms with Crippen LogP contribution in [0.25, 0.3) is 42.7 Å². The summed E-state index contributed by atoms with van der Waals surface area (Å²) < 4.78 is 6.65. The van der Waals surface area contributed by atoms with Crippen molar-refractivity contribution in [3.05, 3.63) is 260 Å². The maximum atomic E-state index is 6.20. The zero-order valence-corrected chi connectivity index (χ0v) is 56.0. The molecule has 0 atom stereocenters. The van der Waals surface area contributed by atoms with Gasteiger partial charge >= 0.3 is 0 Å². The summed E-state index contributed by atoms with van der Waals surface area (Å²) in [7, 11) is 0. The molecule has 1 saturated heterocycles. The van der Waals surface area contributed by atoms with Gasteiger partial charge in [-0.05, 0) is 128 Å². The Labute approximate surface area is 556 Å². The molecule has 5 N–H and O–H groups in total. The van der Waals surface area contributed by atoms with Crippen molar-refractivity contribution in [2.75, 3.05) is 57.8 Å². The fraction of sp³-hybridized carbons (Fsp3) is 0.167. The van der Waals surface area contributed by atoms with E-state index in [1.54, 1.807) is 56.7 Å². The molecule has 0 unspecified atom stereocenters. The average molecular weight is 1310 g/mol. The highest BCUT2D eigenvalue weighted by atomic mass is 35.5. The molecule has 0 aliphatic carbocycles. The van der Waals surface area contributed by atoms with Crippen molar-refractivity contribution in [2.24, 2.45) is 0 Å². The molecule has 14 aromatic rings. The van der Waals surface area contributed by atoms with Crippen molar-refractivity contribution >= 4 is 154 Å². The van der Waals surface area contributed by atoms with Crippen LogP contribution in [0.3, 0.4) is 0 Å². The summed E-state index contributed by atoms with van der Waals surface area (Å²) in [4.78, 5) is 28.9. The normalized spacial score (nSPS) is 11.7. The van der Waals surface area contributed by atoms with E-state index in [2.05, 4.69) is 195 Å². The van der Waals surface area contributed by atoms with Gasteiger partial charge < -0.3 is 36.2 Å². The lowest BCUT2D eigenvalue weighted by Crippen LogP contribution is -2.36. The number of ether oxygens (including phenoxy) is 1. The Morgan fingerprint density at radius 3 is 1.65 bits per heavy atom. The Hall–Kier alpha value is -8.85. The number of anilines is 8. The van der Waals surface area contributed by atoms with E-state index in [0.29, 0.717) is 0 Å². The first-order valence-corrected chi connectivity index (χ1v) is 34.5. The van der Waals surface area contributed by atoms with Crippen LogP contribution in [0.4, 0.5) is 42.7 Å². The minimum absolute atomic E-state index is 0.770. The summed E-state index contributed by atoms with van der Waals surface area (Å²) >= 11 is 14.4. The van der Waals surface area contributed by atoms with Gasteiger partial charge in [0.05, 0.1) is 63.1 Å². The molecule has 0 bridgehead atoms. The van der Waals surface area contributed by atoms with E-state index in [9.17, 15) is 0 Å². The number of morpholine rings is 1. The van der Waals surface area contributed by atoms with E-state index < -0.39 is 0 Å². The lowest BCUT2D eigenvalue weighted by atomic mass is 10.1. The molecule has 1 aliphatic heterocycles. The smallest absolute Gasteiger partial charge is 0.187 e. The zero-order valence-electron chi connectivity index (χ0n) is 51.1. The van der Waals surface area contributed by atoms with Crippen molar-refractivity contribution in [1.29, 1.82) is 0 Å². The molecule has 13 nitrogen and oxygen atoms in total. The number of benzene rings is 8. The predicted octanol–water partition coefficient (Wildman–Crippen LogP) is 20.1. The van der Waals surface area contributed by atoms with Gasteiger partial charge in [-0.15, -0.1) is 45.3 Å². The van der Waals surface area contributed by atoms with Crippen LogP contribution >= 0.6 is 68.3 Å². The minimum atomic E-state index is 0.770. The monoisotopic (exact) mass is 1310 g/mol. The van der Waals surface area contributed by atoms with Gasteiger partial charge in [0.2, 0.25) is 0 Å². The molecule has 6 aromatic heterocycles. The fourth-order valence-electron chi connectivity index (χ4n) is 9.77. The molecule has 15 rings (SSSR count). The van der Waals surface area contributed by atoms with Crippen molar-refractivity contribution < 1.29 is 4.74 Å². The van der Waals surface area contributed by atoms with Crippen LogP contribution in [0.2, 0.25) is 5.02 Å². The van der Waals surface area contributed by atoms with Gasteiger partial charge in [-0.1, -0.05) is 144 Å². The van der Waals surface area contributed by atoms with Crippen LogP contribution < -0.4 is 31.5 Å². The van der Waals surface area contributed by atoms with Crippen molar-refractivity contribution in [3.8, 4) is 0 Å². The Morgan fingerprint density at radius 2 is 0.978 bits per heavy atom. The van der Waals surface area contributed by atoms with Gasteiger partial charge in [0.15, 0.2) is 25.7 Å². The van der Waals surface area contributed by atoms with Gasteiger partial charge in [-0.2, -0.15) is 0 Å². The highest BCUT2D eigenvalue weighted by molar-refractivity contribution is 7.22. The molecule has 0 spiro atoms. The molecule has 8 aromatic carbocycles. The molecule has 0 saturated carbocycles. The third kappa shape index (κ3) is 18.4. The van der Waals surface area contributed by atoms with Crippen LogP contribution in [-0.2, 0) is 24.4 Å². The second-order valence-corrected chi connectivity index (χ2v) is 26.3. The summed E-state index contributed by atoms with van der Waals surface area (Å²) in [6, 6.07) is 62.4. The predicted molar refractivity (Wildman–Crippen MR) is 391 cm³/mol. The summed E-state index contributed by atoms with van der Waals surface area (Å²) in [5.41, 5.74) is 14.7. The summed E-state index contributed by atoms with van der Waals surface area (Å²) in [6.07, 6.45) is 1.82. The second kappa shape index (κ2) is 31.7. The van der Waals surface area contributed by atoms with Crippen LogP contribution in [-0.4, -0.2) is 56.2 Å². The quantitative estimate of drug-likeness (QED) is 0.0704. The molecular formula is C72H69ClN12OS5. The van der Waals surface area contributed by atoms with E-state index in [1.807, 2.05) is 111 Å². The van der Waals surface area contributed by atoms with E-state index >= 15 is 0 Å². The molecule has 1 fully saturated rings. The molecule has 19 heteroatoms. The van der Waals surface area contributed by atoms with Crippen molar-refractivity contribution in [2.45, 2.75) is 54.3 Å². The number of para-hydroxylation sites is 2. The van der Waals surface area contributed by atoms with Gasteiger partial charge in [-0.3, -0.25) is 4.98 Å². The Balaban J connectivity index is 0.000000118. The number of thiazole rings is 5. The maximum absolute atomic E-state index is 6.20. The SMILES string of the molecule is Cc1ccc2nc(NCc3ccc4ccccc4c3)sc2c1.Cc1csc(NCc2ccc3ncccc3c2)n1.Cc1csc(NCc2ccccc2)n1.Cc1csc(Nc2ccc(Cl)c3ccccc23)n1.Cc1csc(Nc2ccccc2N2CCOCC2)n1. The van der Waals surface area contributed by atoms with E-state index in [-0.39, 0.29) is 0 Å². The summed E-state index contributed by atoms with van der Waals surface area (Å²) in [5, 5.41) is 36.5. The Kier molecular flexibility index (Phi) is 22.2. The fourth-order valence-corrected chi connectivity index (χ4v) is 13.7. The van der Waals surface area contributed by atoms with Crippen LogP contribution in [0.1, 0.15) is 45.0 Å². The van der Waals surface area contributed by atoms with Crippen LogP contribution in [0.15, 0.2) is 210 Å².